The van der Waals surface area contributed by atoms with E-state index in [1.165, 1.54) is 0 Å². The summed E-state index contributed by atoms with van der Waals surface area (Å²) in [6.07, 6.45) is 4.53. The molecule has 0 bridgehead atoms. The number of rotatable bonds is 11. The van der Waals surface area contributed by atoms with Gasteiger partial charge in [0, 0.05) is 13.0 Å². The first-order valence-corrected chi connectivity index (χ1v) is 10.7. The number of nitrogens with two attached hydrogens (primary N) is 1. The van der Waals surface area contributed by atoms with Crippen LogP contribution in [0.15, 0.2) is 52.9 Å². The van der Waals surface area contributed by atoms with E-state index in [1.54, 1.807) is 18.2 Å². The number of nitrogens with one attached hydrogen (secondary N) is 1. The predicted molar refractivity (Wildman–Crippen MR) is 118 cm³/mol. The van der Waals surface area contributed by atoms with E-state index in [0.29, 0.717) is 29.1 Å². The van der Waals surface area contributed by atoms with Crippen molar-refractivity contribution in [3.05, 3.63) is 65.5 Å². The SMILES string of the molecule is CCCCCCNC(=O)[C@@H](N)Cc1nc2cc(C(=O)OCc3ccccc3)ccc2o1. The first kappa shape index (κ1) is 22.5. The Labute approximate surface area is 182 Å². The summed E-state index contributed by atoms with van der Waals surface area (Å²) < 4.78 is 11.0. The van der Waals surface area contributed by atoms with Gasteiger partial charge in [-0.1, -0.05) is 56.5 Å². The number of aromatic nitrogens is 1. The van der Waals surface area contributed by atoms with E-state index >= 15 is 0 Å². The number of nitrogens with zero attached hydrogens (tertiary/aromatic N) is 1. The fourth-order valence-electron chi connectivity index (χ4n) is 3.17. The Morgan fingerprint density at radius 2 is 1.94 bits per heavy atom. The summed E-state index contributed by atoms with van der Waals surface area (Å²) in [6.45, 7) is 2.96. The van der Waals surface area contributed by atoms with Gasteiger partial charge in [-0.15, -0.1) is 0 Å². The molecule has 0 aliphatic carbocycles. The number of hydrogen-bond acceptors (Lipinski definition) is 6. The molecule has 0 saturated carbocycles. The number of ether oxygens (including phenoxy) is 1. The van der Waals surface area contributed by atoms with Crippen molar-refractivity contribution in [2.24, 2.45) is 5.73 Å². The lowest BCUT2D eigenvalue weighted by atomic mass is 10.2. The van der Waals surface area contributed by atoms with Crippen LogP contribution in [0.2, 0.25) is 0 Å². The van der Waals surface area contributed by atoms with E-state index in [9.17, 15) is 9.59 Å². The highest BCUT2D eigenvalue weighted by molar-refractivity contribution is 5.93. The number of oxazole rings is 1. The van der Waals surface area contributed by atoms with Crippen LogP contribution in [0.1, 0.15) is 54.4 Å². The maximum atomic E-state index is 12.3. The average Bonchev–Trinajstić information content (AvgIpc) is 3.19. The highest BCUT2D eigenvalue weighted by atomic mass is 16.5. The normalized spacial score (nSPS) is 11.9. The molecule has 0 aliphatic rings. The zero-order valence-electron chi connectivity index (χ0n) is 17.8. The van der Waals surface area contributed by atoms with Crippen molar-refractivity contribution in [3.8, 4) is 0 Å². The van der Waals surface area contributed by atoms with Crippen molar-refractivity contribution < 1.29 is 18.7 Å². The largest absolute Gasteiger partial charge is 0.457 e. The first-order valence-electron chi connectivity index (χ1n) is 10.7. The maximum Gasteiger partial charge on any atom is 0.338 e. The Morgan fingerprint density at radius 1 is 1.13 bits per heavy atom. The number of hydrogen-bond donors (Lipinski definition) is 2. The molecule has 0 spiro atoms. The van der Waals surface area contributed by atoms with E-state index in [-0.39, 0.29) is 18.9 Å². The molecule has 31 heavy (non-hydrogen) atoms. The Balaban J connectivity index is 1.55. The fourth-order valence-corrected chi connectivity index (χ4v) is 3.17. The molecule has 0 aliphatic heterocycles. The van der Waals surface area contributed by atoms with Gasteiger partial charge in [-0.05, 0) is 30.2 Å². The zero-order valence-corrected chi connectivity index (χ0v) is 17.8. The predicted octanol–water partition coefficient (Wildman–Crippen LogP) is 3.75. The smallest absolute Gasteiger partial charge is 0.338 e. The molecule has 1 heterocycles. The number of carbonyl (C=O) groups is 2. The average molecular weight is 424 g/mol. The van der Waals surface area contributed by atoms with Crippen LogP contribution in [0.3, 0.4) is 0 Å². The lowest BCUT2D eigenvalue weighted by Crippen LogP contribution is -2.42. The van der Waals surface area contributed by atoms with Crippen LogP contribution in [-0.2, 0) is 22.6 Å². The maximum absolute atomic E-state index is 12.3. The molecule has 3 N–H and O–H groups in total. The Bertz CT molecular complexity index is 1000. The molecule has 1 amide bonds. The van der Waals surface area contributed by atoms with Gasteiger partial charge >= 0.3 is 5.97 Å². The summed E-state index contributed by atoms with van der Waals surface area (Å²) in [6, 6.07) is 13.7. The van der Waals surface area contributed by atoms with Crippen molar-refractivity contribution in [1.29, 1.82) is 0 Å². The minimum absolute atomic E-state index is 0.184. The van der Waals surface area contributed by atoms with Gasteiger partial charge in [-0.25, -0.2) is 9.78 Å². The molecule has 7 heteroatoms. The van der Waals surface area contributed by atoms with Gasteiger partial charge < -0.3 is 20.2 Å². The third kappa shape index (κ3) is 6.65. The number of amides is 1. The van der Waals surface area contributed by atoms with Crippen LogP contribution in [0.5, 0.6) is 0 Å². The zero-order chi connectivity index (χ0) is 22.1. The van der Waals surface area contributed by atoms with E-state index in [2.05, 4.69) is 17.2 Å². The Kier molecular flexibility index (Phi) is 8.18. The van der Waals surface area contributed by atoms with Crippen molar-refractivity contribution >= 4 is 23.0 Å². The molecule has 164 valence electrons. The van der Waals surface area contributed by atoms with Gasteiger partial charge in [0.25, 0.3) is 0 Å². The van der Waals surface area contributed by atoms with Gasteiger partial charge in [0.1, 0.15) is 12.1 Å². The second-order valence-electron chi connectivity index (χ2n) is 7.51. The van der Waals surface area contributed by atoms with E-state index in [1.807, 2.05) is 30.3 Å². The summed E-state index contributed by atoms with van der Waals surface area (Å²) in [5.74, 6) is -0.295. The van der Waals surface area contributed by atoms with Crippen molar-refractivity contribution in [3.63, 3.8) is 0 Å². The highest BCUT2D eigenvalue weighted by Gasteiger charge is 2.18. The third-order valence-corrected chi connectivity index (χ3v) is 4.94. The summed E-state index contributed by atoms with van der Waals surface area (Å²) >= 11 is 0. The molecule has 0 radical (unpaired) electrons. The Hall–Kier alpha value is -3.19. The van der Waals surface area contributed by atoms with Crippen molar-refractivity contribution in [1.82, 2.24) is 10.3 Å². The molecule has 3 rings (SSSR count). The van der Waals surface area contributed by atoms with Crippen LogP contribution in [0, 0.1) is 0 Å². The second-order valence-corrected chi connectivity index (χ2v) is 7.51. The summed E-state index contributed by atoms with van der Waals surface area (Å²) in [5, 5.41) is 2.85. The van der Waals surface area contributed by atoms with Crippen LogP contribution in [0.25, 0.3) is 11.1 Å². The summed E-state index contributed by atoms with van der Waals surface area (Å²) in [7, 11) is 0. The third-order valence-electron chi connectivity index (χ3n) is 4.94. The molecule has 7 nitrogen and oxygen atoms in total. The molecule has 1 atom stereocenters. The minimum atomic E-state index is -0.741. The van der Waals surface area contributed by atoms with Gasteiger partial charge in [0.05, 0.1) is 11.6 Å². The van der Waals surface area contributed by atoms with Crippen LogP contribution >= 0.6 is 0 Å². The molecule has 3 aromatic rings. The molecular formula is C24H29N3O4. The summed E-state index contributed by atoms with van der Waals surface area (Å²) in [4.78, 5) is 28.9. The van der Waals surface area contributed by atoms with E-state index in [0.717, 1.165) is 31.2 Å². The topological polar surface area (TPSA) is 107 Å². The lowest BCUT2D eigenvalue weighted by molar-refractivity contribution is -0.122. The highest BCUT2D eigenvalue weighted by Crippen LogP contribution is 2.19. The molecule has 0 unspecified atom stereocenters. The van der Waals surface area contributed by atoms with E-state index < -0.39 is 12.0 Å². The molecule has 0 saturated heterocycles. The lowest BCUT2D eigenvalue weighted by Gasteiger charge is -2.10. The van der Waals surface area contributed by atoms with Gasteiger partial charge in [-0.2, -0.15) is 0 Å². The quantitative estimate of drug-likeness (QED) is 0.359. The van der Waals surface area contributed by atoms with E-state index in [4.69, 9.17) is 14.9 Å². The monoisotopic (exact) mass is 423 g/mol. The van der Waals surface area contributed by atoms with Crippen molar-refractivity contribution in [2.45, 2.75) is 51.7 Å². The minimum Gasteiger partial charge on any atom is -0.457 e. The standard InChI is InChI=1S/C24H29N3O4/c1-2-3-4-8-13-26-23(28)19(25)15-22-27-20-14-18(11-12-21(20)31-22)24(29)30-16-17-9-6-5-7-10-17/h5-7,9-12,14,19H,2-4,8,13,15-16,25H2,1H3,(H,26,28)/t19-/m0/s1. The van der Waals surface area contributed by atoms with Crippen molar-refractivity contribution in [2.75, 3.05) is 6.54 Å². The van der Waals surface area contributed by atoms with Crippen LogP contribution in [-0.4, -0.2) is 29.4 Å². The Morgan fingerprint density at radius 3 is 2.71 bits per heavy atom. The number of esters is 1. The van der Waals surface area contributed by atoms with Crippen LogP contribution < -0.4 is 11.1 Å². The number of fused-ring (bicyclic) bond motifs is 1. The molecule has 2 aromatic carbocycles. The van der Waals surface area contributed by atoms with Gasteiger partial charge in [-0.3, -0.25) is 4.79 Å². The second kappa shape index (κ2) is 11.3. The number of carbonyl (C=O) groups excluding carboxylic acids is 2. The number of unbranched alkanes of at least 4 members (excludes halogenated alkanes) is 3. The van der Waals surface area contributed by atoms with Crippen LogP contribution in [0.4, 0.5) is 0 Å². The summed E-state index contributed by atoms with van der Waals surface area (Å²) in [5.41, 5.74) is 8.35. The molecule has 1 aromatic heterocycles. The van der Waals surface area contributed by atoms with Gasteiger partial charge in [0.15, 0.2) is 11.5 Å². The van der Waals surface area contributed by atoms with Gasteiger partial charge in [0.2, 0.25) is 5.91 Å². The number of benzene rings is 2. The molecular weight excluding hydrogens is 394 g/mol. The fraction of sp³-hybridized carbons (Fsp3) is 0.375. The molecule has 0 fully saturated rings. The first-order chi connectivity index (χ1) is 15.1.